The van der Waals surface area contributed by atoms with Gasteiger partial charge in [-0.2, -0.15) is 10.2 Å². The Bertz CT molecular complexity index is 904. The maximum atomic E-state index is 12.6. The van der Waals surface area contributed by atoms with Gasteiger partial charge in [-0.25, -0.2) is 4.98 Å². The lowest BCUT2D eigenvalue weighted by Crippen LogP contribution is -2.48. The summed E-state index contributed by atoms with van der Waals surface area (Å²) in [5.41, 5.74) is 1.23. The molecule has 0 spiro atoms. The minimum absolute atomic E-state index is 0.240. The molecule has 0 fully saturated rings. The molecule has 2 aromatic rings. The molecule has 2 amide bonds. The monoisotopic (exact) mass is 366 g/mol. The lowest BCUT2D eigenvalue weighted by atomic mass is 10.0. The van der Waals surface area contributed by atoms with E-state index in [2.05, 4.69) is 36.8 Å². The lowest BCUT2D eigenvalue weighted by molar-refractivity contribution is -0.128. The number of amides is 2. The second-order valence-electron chi connectivity index (χ2n) is 6.60. The SMILES string of the molecule is C#CCCC1(CCNC(=O)C(Cc2c[nH]c3ncccc23)NC(C)=O)N=N1. The highest BCUT2D eigenvalue weighted by atomic mass is 16.2. The molecule has 3 N–H and O–H groups in total. The van der Waals surface area contributed by atoms with Crippen LogP contribution in [0.4, 0.5) is 0 Å². The second kappa shape index (κ2) is 7.99. The molecular weight excluding hydrogens is 344 g/mol. The fraction of sp³-hybridized carbons (Fsp3) is 0.421. The van der Waals surface area contributed by atoms with Crippen molar-refractivity contribution in [1.29, 1.82) is 0 Å². The first-order chi connectivity index (χ1) is 13.0. The Morgan fingerprint density at radius 3 is 2.89 bits per heavy atom. The third kappa shape index (κ3) is 4.70. The number of pyridine rings is 1. The molecule has 8 heteroatoms. The fourth-order valence-corrected chi connectivity index (χ4v) is 3.03. The molecule has 0 saturated heterocycles. The van der Waals surface area contributed by atoms with Crippen LogP contribution in [0.25, 0.3) is 11.0 Å². The van der Waals surface area contributed by atoms with Crippen molar-refractivity contribution in [3.8, 4) is 12.3 Å². The van der Waals surface area contributed by atoms with Gasteiger partial charge in [0.05, 0.1) is 0 Å². The van der Waals surface area contributed by atoms with Crippen LogP contribution in [0.15, 0.2) is 34.8 Å². The van der Waals surface area contributed by atoms with Gasteiger partial charge in [-0.05, 0) is 17.7 Å². The van der Waals surface area contributed by atoms with E-state index in [1.807, 2.05) is 18.3 Å². The van der Waals surface area contributed by atoms with Gasteiger partial charge in [0, 0.05) is 56.9 Å². The fourth-order valence-electron chi connectivity index (χ4n) is 3.03. The lowest BCUT2D eigenvalue weighted by Gasteiger charge is -2.18. The van der Waals surface area contributed by atoms with E-state index in [1.165, 1.54) is 6.92 Å². The van der Waals surface area contributed by atoms with E-state index in [1.54, 1.807) is 6.20 Å². The number of aromatic amines is 1. The Labute approximate surface area is 157 Å². The number of fused-ring (bicyclic) bond motifs is 1. The van der Waals surface area contributed by atoms with Crippen LogP contribution in [0.5, 0.6) is 0 Å². The third-order valence-electron chi connectivity index (χ3n) is 4.53. The van der Waals surface area contributed by atoms with Gasteiger partial charge in [-0.1, -0.05) is 0 Å². The highest BCUT2D eigenvalue weighted by Gasteiger charge is 2.38. The molecule has 0 bridgehead atoms. The Morgan fingerprint density at radius 2 is 2.19 bits per heavy atom. The molecule has 3 rings (SSSR count). The van der Waals surface area contributed by atoms with Crippen LogP contribution >= 0.6 is 0 Å². The summed E-state index contributed by atoms with van der Waals surface area (Å²) in [7, 11) is 0. The van der Waals surface area contributed by atoms with Crippen molar-refractivity contribution in [3.05, 3.63) is 30.1 Å². The summed E-state index contributed by atoms with van der Waals surface area (Å²) in [5, 5.41) is 14.6. The Morgan fingerprint density at radius 1 is 1.37 bits per heavy atom. The van der Waals surface area contributed by atoms with Gasteiger partial charge < -0.3 is 15.6 Å². The predicted octanol–water partition coefficient (Wildman–Crippen LogP) is 1.69. The molecule has 8 nitrogen and oxygen atoms in total. The number of nitrogens with zero attached hydrogens (tertiary/aromatic N) is 3. The van der Waals surface area contributed by atoms with Crippen molar-refractivity contribution in [3.63, 3.8) is 0 Å². The first-order valence-corrected chi connectivity index (χ1v) is 8.86. The van der Waals surface area contributed by atoms with Crippen molar-refractivity contribution in [2.75, 3.05) is 6.54 Å². The van der Waals surface area contributed by atoms with Gasteiger partial charge in [0.2, 0.25) is 11.8 Å². The minimum atomic E-state index is -0.670. The summed E-state index contributed by atoms with van der Waals surface area (Å²) in [6, 6.07) is 3.10. The van der Waals surface area contributed by atoms with Crippen molar-refractivity contribution >= 4 is 22.8 Å². The maximum Gasteiger partial charge on any atom is 0.242 e. The number of rotatable bonds is 9. The molecule has 1 atom stereocenters. The van der Waals surface area contributed by atoms with Crippen LogP contribution in [0.3, 0.4) is 0 Å². The zero-order valence-electron chi connectivity index (χ0n) is 15.2. The van der Waals surface area contributed by atoms with Gasteiger partial charge in [0.15, 0.2) is 5.66 Å². The summed E-state index contributed by atoms with van der Waals surface area (Å²) in [6.07, 6.45) is 11.1. The molecule has 3 heterocycles. The van der Waals surface area contributed by atoms with Gasteiger partial charge in [-0.15, -0.1) is 12.3 Å². The smallest absolute Gasteiger partial charge is 0.242 e. The molecule has 27 heavy (non-hydrogen) atoms. The van der Waals surface area contributed by atoms with Crippen molar-refractivity contribution in [1.82, 2.24) is 20.6 Å². The number of carbonyl (C=O) groups is 2. The zero-order chi connectivity index (χ0) is 19.3. The molecule has 0 aromatic carbocycles. The first kappa shape index (κ1) is 18.6. The molecule has 1 aliphatic heterocycles. The first-order valence-electron chi connectivity index (χ1n) is 8.86. The number of aromatic nitrogens is 2. The molecule has 0 radical (unpaired) electrons. The van der Waals surface area contributed by atoms with E-state index in [0.717, 1.165) is 16.6 Å². The molecule has 0 saturated carbocycles. The standard InChI is InChI=1S/C19H22N6O2/c1-3-4-7-19(24-25-19)8-10-21-18(27)16(23-13(2)26)11-14-12-22-17-15(14)6-5-9-20-17/h1,5-6,9,12,16H,4,7-8,10-11H2,2H3,(H,20,22)(H,21,27)(H,23,26). The molecule has 1 aliphatic rings. The normalized spacial score (nSPS) is 15.1. The number of hydrogen-bond acceptors (Lipinski definition) is 5. The van der Waals surface area contributed by atoms with Crippen molar-refractivity contribution < 1.29 is 9.59 Å². The summed E-state index contributed by atoms with van der Waals surface area (Å²) >= 11 is 0. The van der Waals surface area contributed by atoms with Crippen LogP contribution in [0, 0.1) is 12.3 Å². The summed E-state index contributed by atoms with van der Waals surface area (Å²) in [4.78, 5) is 31.5. The number of nitrogens with one attached hydrogen (secondary N) is 3. The Kier molecular flexibility index (Phi) is 5.50. The van der Waals surface area contributed by atoms with Gasteiger partial charge >= 0.3 is 0 Å². The van der Waals surface area contributed by atoms with E-state index >= 15 is 0 Å². The van der Waals surface area contributed by atoms with Gasteiger partial charge in [-0.3, -0.25) is 9.59 Å². The average molecular weight is 366 g/mol. The van der Waals surface area contributed by atoms with Gasteiger partial charge in [0.25, 0.3) is 0 Å². The van der Waals surface area contributed by atoms with E-state index < -0.39 is 11.7 Å². The second-order valence-corrected chi connectivity index (χ2v) is 6.60. The maximum absolute atomic E-state index is 12.6. The molecule has 1 unspecified atom stereocenters. The van der Waals surface area contributed by atoms with E-state index in [-0.39, 0.29) is 11.8 Å². The number of carbonyl (C=O) groups excluding carboxylic acids is 2. The van der Waals surface area contributed by atoms with E-state index in [9.17, 15) is 9.59 Å². The number of H-pyrrole nitrogens is 1. The van der Waals surface area contributed by atoms with Crippen LogP contribution in [-0.2, 0) is 16.0 Å². The molecule has 140 valence electrons. The number of hydrogen-bond donors (Lipinski definition) is 3. The summed E-state index contributed by atoms with van der Waals surface area (Å²) < 4.78 is 0. The van der Waals surface area contributed by atoms with Crippen molar-refractivity contribution in [2.24, 2.45) is 10.2 Å². The minimum Gasteiger partial charge on any atom is -0.354 e. The quantitative estimate of drug-likeness (QED) is 0.587. The summed E-state index contributed by atoms with van der Waals surface area (Å²) in [6.45, 7) is 1.82. The largest absolute Gasteiger partial charge is 0.354 e. The molecular formula is C19H22N6O2. The van der Waals surface area contributed by atoms with Gasteiger partial charge in [0.1, 0.15) is 11.7 Å². The van der Waals surface area contributed by atoms with Crippen LogP contribution in [0.2, 0.25) is 0 Å². The van der Waals surface area contributed by atoms with Crippen molar-refractivity contribution in [2.45, 2.75) is 44.3 Å². The zero-order valence-corrected chi connectivity index (χ0v) is 15.2. The molecule has 0 aliphatic carbocycles. The highest BCUT2D eigenvalue weighted by Crippen LogP contribution is 2.36. The highest BCUT2D eigenvalue weighted by molar-refractivity contribution is 5.88. The Balaban J connectivity index is 1.59. The molecule has 2 aromatic heterocycles. The Hall–Kier alpha value is -3.21. The van der Waals surface area contributed by atoms with Crippen LogP contribution in [-0.4, -0.2) is 40.0 Å². The average Bonchev–Trinajstić information content (AvgIpc) is 3.31. The number of terminal acetylenes is 1. The van der Waals surface area contributed by atoms with E-state index in [0.29, 0.717) is 32.2 Å². The summed E-state index contributed by atoms with van der Waals surface area (Å²) in [5.74, 6) is 2.08. The van der Waals surface area contributed by atoms with E-state index in [4.69, 9.17) is 6.42 Å². The predicted molar refractivity (Wildman–Crippen MR) is 101 cm³/mol. The topological polar surface area (TPSA) is 112 Å². The third-order valence-corrected chi connectivity index (χ3v) is 4.53. The van der Waals surface area contributed by atoms with Crippen LogP contribution < -0.4 is 10.6 Å². The van der Waals surface area contributed by atoms with Crippen LogP contribution in [0.1, 0.15) is 31.7 Å².